The summed E-state index contributed by atoms with van der Waals surface area (Å²) in [6, 6.07) is 24.1. The lowest BCUT2D eigenvalue weighted by atomic mass is 10.1. The van der Waals surface area contributed by atoms with Gasteiger partial charge in [0.25, 0.3) is 5.91 Å². The summed E-state index contributed by atoms with van der Waals surface area (Å²) in [7, 11) is 3.88. The van der Waals surface area contributed by atoms with E-state index < -0.39 is 0 Å². The van der Waals surface area contributed by atoms with Gasteiger partial charge >= 0.3 is 0 Å². The molecule has 0 saturated carbocycles. The Morgan fingerprint density at radius 2 is 1.47 bits per heavy atom. The molecule has 3 rings (SSSR count). The Labute approximate surface area is 224 Å². The number of amides is 3. The molecule has 200 valence electrons. The first-order valence-corrected chi connectivity index (χ1v) is 12.8. The van der Waals surface area contributed by atoms with Crippen LogP contribution in [0.5, 0.6) is 0 Å². The molecule has 0 fully saturated rings. The number of nitrogens with zero attached hydrogens (tertiary/aromatic N) is 2. The number of nitrogen functional groups attached to an aromatic ring is 1. The average molecular weight is 516 g/mol. The fraction of sp³-hybridized carbons (Fsp3) is 0.300. The van der Waals surface area contributed by atoms with E-state index in [1.165, 1.54) is 0 Å². The van der Waals surface area contributed by atoms with E-state index >= 15 is 0 Å². The molecule has 0 spiro atoms. The number of anilines is 3. The molecule has 0 aliphatic heterocycles. The minimum absolute atomic E-state index is 0.0329. The minimum Gasteiger partial charge on any atom is -0.397 e. The summed E-state index contributed by atoms with van der Waals surface area (Å²) in [5, 5.41) is 5.73. The van der Waals surface area contributed by atoms with E-state index in [1.54, 1.807) is 29.2 Å². The molecule has 4 N–H and O–H groups in total. The van der Waals surface area contributed by atoms with Gasteiger partial charge in [0.2, 0.25) is 11.8 Å². The average Bonchev–Trinajstić information content (AvgIpc) is 2.92. The van der Waals surface area contributed by atoms with E-state index in [2.05, 4.69) is 10.6 Å². The Morgan fingerprint density at radius 1 is 0.789 bits per heavy atom. The lowest BCUT2D eigenvalue weighted by Gasteiger charge is -2.23. The number of carbonyl (C=O) groups excluding carboxylic acids is 3. The normalized spacial score (nSPS) is 10.5. The summed E-state index contributed by atoms with van der Waals surface area (Å²) in [4.78, 5) is 41.8. The summed E-state index contributed by atoms with van der Waals surface area (Å²) in [5.74, 6) is -0.508. The van der Waals surface area contributed by atoms with E-state index in [-0.39, 0.29) is 24.3 Å². The van der Waals surface area contributed by atoms with Gasteiger partial charge in [0, 0.05) is 44.9 Å². The maximum absolute atomic E-state index is 13.3. The van der Waals surface area contributed by atoms with E-state index in [0.29, 0.717) is 49.3 Å². The smallest absolute Gasteiger partial charge is 0.254 e. The quantitative estimate of drug-likeness (QED) is 0.232. The Kier molecular flexibility index (Phi) is 10.7. The monoisotopic (exact) mass is 515 g/mol. The van der Waals surface area contributed by atoms with Gasteiger partial charge in [0.15, 0.2) is 0 Å². The first-order valence-electron chi connectivity index (χ1n) is 12.8. The van der Waals surface area contributed by atoms with Gasteiger partial charge in [-0.25, -0.2) is 0 Å². The SMILES string of the molecule is CN(C)c1ccc(C(=O)N(CCCCCC(=O)Nc2ccccc2N)CC(=O)NCc2ccccc2)cc1. The number of nitrogens with two attached hydrogens (primary N) is 1. The van der Waals surface area contributed by atoms with Crippen molar-refractivity contribution < 1.29 is 14.4 Å². The maximum Gasteiger partial charge on any atom is 0.254 e. The molecular weight excluding hydrogens is 478 g/mol. The second kappa shape index (κ2) is 14.4. The zero-order valence-electron chi connectivity index (χ0n) is 22.2. The maximum atomic E-state index is 13.3. The molecule has 0 aliphatic rings. The van der Waals surface area contributed by atoms with Gasteiger partial charge in [0.05, 0.1) is 17.9 Å². The molecule has 0 saturated heterocycles. The van der Waals surface area contributed by atoms with Crippen LogP contribution in [0.2, 0.25) is 0 Å². The zero-order valence-corrected chi connectivity index (χ0v) is 22.2. The number of para-hydroxylation sites is 2. The van der Waals surface area contributed by atoms with Crippen LogP contribution in [0.4, 0.5) is 17.1 Å². The van der Waals surface area contributed by atoms with Crippen LogP contribution < -0.4 is 21.3 Å². The number of nitrogens with one attached hydrogen (secondary N) is 2. The molecule has 0 unspecified atom stereocenters. The lowest BCUT2D eigenvalue weighted by molar-refractivity contribution is -0.122. The number of rotatable bonds is 13. The largest absolute Gasteiger partial charge is 0.397 e. The molecule has 0 aliphatic carbocycles. The van der Waals surface area contributed by atoms with E-state index in [0.717, 1.165) is 17.7 Å². The van der Waals surface area contributed by atoms with Crippen molar-refractivity contribution in [3.8, 4) is 0 Å². The van der Waals surface area contributed by atoms with E-state index in [4.69, 9.17) is 5.73 Å². The lowest BCUT2D eigenvalue weighted by Crippen LogP contribution is -2.41. The van der Waals surface area contributed by atoms with Crippen LogP contribution in [0.25, 0.3) is 0 Å². The summed E-state index contributed by atoms with van der Waals surface area (Å²) >= 11 is 0. The standard InChI is InChI=1S/C30H37N5O3/c1-34(2)25-18-16-24(17-19-25)30(38)35(22-29(37)32-21-23-11-5-3-6-12-23)20-10-4-7-15-28(36)33-27-14-9-8-13-26(27)31/h3,5-6,8-9,11-14,16-19H,4,7,10,15,20-22,31H2,1-2H3,(H,32,37)(H,33,36). The summed E-state index contributed by atoms with van der Waals surface area (Å²) in [5.41, 5.74) is 9.54. The van der Waals surface area contributed by atoms with Crippen molar-refractivity contribution in [1.82, 2.24) is 10.2 Å². The molecule has 8 heteroatoms. The highest BCUT2D eigenvalue weighted by molar-refractivity contribution is 5.97. The van der Waals surface area contributed by atoms with Crippen molar-refractivity contribution in [2.45, 2.75) is 32.2 Å². The third kappa shape index (κ3) is 8.96. The number of hydrogen-bond acceptors (Lipinski definition) is 5. The molecule has 38 heavy (non-hydrogen) atoms. The van der Waals surface area contributed by atoms with Crippen LogP contribution in [-0.2, 0) is 16.1 Å². The Hall–Kier alpha value is -4.33. The molecule has 8 nitrogen and oxygen atoms in total. The van der Waals surface area contributed by atoms with Crippen molar-refractivity contribution in [2.75, 3.05) is 43.1 Å². The third-order valence-corrected chi connectivity index (χ3v) is 6.15. The molecule has 0 heterocycles. The number of carbonyl (C=O) groups is 3. The third-order valence-electron chi connectivity index (χ3n) is 6.15. The fourth-order valence-corrected chi connectivity index (χ4v) is 3.95. The Balaban J connectivity index is 1.53. The van der Waals surface area contributed by atoms with Crippen molar-refractivity contribution in [2.24, 2.45) is 0 Å². The van der Waals surface area contributed by atoms with Gasteiger partial charge in [0.1, 0.15) is 0 Å². The Bertz CT molecular complexity index is 1200. The van der Waals surface area contributed by atoms with Gasteiger partial charge < -0.3 is 26.2 Å². The van der Waals surface area contributed by atoms with Gasteiger partial charge in [-0.2, -0.15) is 0 Å². The van der Waals surface area contributed by atoms with Crippen molar-refractivity contribution >= 4 is 34.8 Å². The highest BCUT2D eigenvalue weighted by Gasteiger charge is 2.19. The second-order valence-corrected chi connectivity index (χ2v) is 9.38. The van der Waals surface area contributed by atoms with Gasteiger partial charge in [-0.05, 0) is 54.8 Å². The summed E-state index contributed by atoms with van der Waals surface area (Å²) < 4.78 is 0. The molecule has 3 aromatic rings. The van der Waals surface area contributed by atoms with Gasteiger partial charge in [-0.1, -0.05) is 48.9 Å². The van der Waals surface area contributed by atoms with Crippen molar-refractivity contribution in [1.29, 1.82) is 0 Å². The predicted molar refractivity (Wildman–Crippen MR) is 153 cm³/mol. The molecule has 0 radical (unpaired) electrons. The van der Waals surface area contributed by atoms with Gasteiger partial charge in [-0.15, -0.1) is 0 Å². The number of hydrogen-bond donors (Lipinski definition) is 3. The number of benzene rings is 3. The van der Waals surface area contributed by atoms with Crippen molar-refractivity contribution in [3.05, 3.63) is 90.0 Å². The molecule has 3 amide bonds. The minimum atomic E-state index is -0.216. The molecular formula is C30H37N5O3. The van der Waals surface area contributed by atoms with Crippen molar-refractivity contribution in [3.63, 3.8) is 0 Å². The highest BCUT2D eigenvalue weighted by atomic mass is 16.2. The summed E-state index contributed by atoms with van der Waals surface area (Å²) in [6.07, 6.45) is 2.44. The number of unbranched alkanes of at least 4 members (excludes halogenated alkanes) is 2. The molecule has 0 bridgehead atoms. The second-order valence-electron chi connectivity index (χ2n) is 9.38. The van der Waals surface area contributed by atoms with Crippen LogP contribution in [0, 0.1) is 0 Å². The molecule has 0 aromatic heterocycles. The van der Waals surface area contributed by atoms with E-state index in [9.17, 15) is 14.4 Å². The van der Waals surface area contributed by atoms with Crippen LogP contribution in [0.15, 0.2) is 78.9 Å². The summed E-state index contributed by atoms with van der Waals surface area (Å²) in [6.45, 7) is 0.787. The molecule has 3 aromatic carbocycles. The van der Waals surface area contributed by atoms with Crippen LogP contribution in [0.1, 0.15) is 41.6 Å². The van der Waals surface area contributed by atoms with Crippen LogP contribution in [0.3, 0.4) is 0 Å². The first-order chi connectivity index (χ1) is 18.3. The Morgan fingerprint density at radius 3 is 2.16 bits per heavy atom. The first kappa shape index (κ1) is 28.2. The predicted octanol–water partition coefficient (Wildman–Crippen LogP) is 4.29. The van der Waals surface area contributed by atoms with Gasteiger partial charge in [-0.3, -0.25) is 14.4 Å². The zero-order chi connectivity index (χ0) is 27.3. The van der Waals surface area contributed by atoms with E-state index in [1.807, 2.05) is 73.6 Å². The van der Waals surface area contributed by atoms with Crippen LogP contribution in [-0.4, -0.2) is 49.8 Å². The fourth-order valence-electron chi connectivity index (χ4n) is 3.95. The topological polar surface area (TPSA) is 108 Å². The van der Waals surface area contributed by atoms with Crippen LogP contribution >= 0.6 is 0 Å². The molecule has 0 atom stereocenters. The highest BCUT2D eigenvalue weighted by Crippen LogP contribution is 2.18.